The van der Waals surface area contributed by atoms with Crippen LogP contribution in [0.5, 0.6) is 11.8 Å². The zero-order valence-electron chi connectivity index (χ0n) is 11.6. The quantitative estimate of drug-likeness (QED) is 0.764. The molecule has 106 valence electrons. The van der Waals surface area contributed by atoms with Gasteiger partial charge < -0.3 is 9.47 Å². The van der Waals surface area contributed by atoms with Gasteiger partial charge in [-0.3, -0.25) is 0 Å². The van der Waals surface area contributed by atoms with Crippen molar-refractivity contribution in [1.29, 1.82) is 0 Å². The molecule has 0 N–H and O–H groups in total. The Morgan fingerprint density at radius 3 is 2.55 bits per heavy atom. The highest BCUT2D eigenvalue weighted by molar-refractivity contribution is 6.17. The van der Waals surface area contributed by atoms with Crippen LogP contribution < -0.4 is 4.74 Å². The number of aromatic nitrogens is 2. The Kier molecular flexibility index (Phi) is 5.32. The maximum absolute atomic E-state index is 5.77. The van der Waals surface area contributed by atoms with Gasteiger partial charge in [0.25, 0.3) is 0 Å². The summed E-state index contributed by atoms with van der Waals surface area (Å²) in [4.78, 5) is 8.41. The average molecular weight is 293 g/mol. The van der Waals surface area contributed by atoms with Crippen LogP contribution in [0.3, 0.4) is 0 Å². The van der Waals surface area contributed by atoms with Crippen molar-refractivity contribution in [2.24, 2.45) is 0 Å². The molecular weight excluding hydrogens is 276 g/mol. The first-order valence-corrected chi connectivity index (χ1v) is 6.90. The molecule has 2 rings (SSSR count). The predicted octanol–water partition coefficient (Wildman–Crippen LogP) is 3.51. The molecule has 2 aromatic rings. The first-order chi connectivity index (χ1) is 9.72. The fourth-order valence-corrected chi connectivity index (χ4v) is 1.96. The van der Waals surface area contributed by atoms with E-state index in [9.17, 15) is 0 Å². The molecule has 0 radical (unpaired) electrons. The molecule has 0 fully saturated rings. The van der Waals surface area contributed by atoms with Crippen molar-refractivity contribution in [2.45, 2.75) is 19.2 Å². The summed E-state index contributed by atoms with van der Waals surface area (Å²) in [6, 6.07) is 8.15. The highest BCUT2D eigenvalue weighted by Crippen LogP contribution is 2.19. The van der Waals surface area contributed by atoms with E-state index in [0.717, 1.165) is 17.7 Å². The lowest BCUT2D eigenvalue weighted by atomic mass is 10.1. The molecule has 1 aromatic carbocycles. The van der Waals surface area contributed by atoms with Gasteiger partial charge in [-0.25, -0.2) is 4.98 Å². The summed E-state index contributed by atoms with van der Waals surface area (Å²) < 4.78 is 10.7. The van der Waals surface area contributed by atoms with Gasteiger partial charge in [-0.15, -0.1) is 11.6 Å². The molecule has 1 aromatic heterocycles. The van der Waals surface area contributed by atoms with Gasteiger partial charge in [0, 0.05) is 24.6 Å². The number of ether oxygens (including phenoxy) is 2. The van der Waals surface area contributed by atoms with Crippen molar-refractivity contribution < 1.29 is 9.47 Å². The second kappa shape index (κ2) is 7.22. The standard InChI is InChI=1S/C15H17ClN2O2/c1-11-13(9-16)10-17-15(18-11)20-14-5-3-12(4-6-14)7-8-19-2/h3-6,10H,7-9H2,1-2H3. The Morgan fingerprint density at radius 2 is 1.95 bits per heavy atom. The zero-order valence-corrected chi connectivity index (χ0v) is 12.4. The predicted molar refractivity (Wildman–Crippen MR) is 78.4 cm³/mol. The largest absolute Gasteiger partial charge is 0.424 e. The Balaban J connectivity index is 2.04. The number of hydrogen-bond acceptors (Lipinski definition) is 4. The van der Waals surface area contributed by atoms with Crippen LogP contribution in [0.1, 0.15) is 16.8 Å². The minimum absolute atomic E-state index is 0.334. The third-order valence-corrected chi connectivity index (χ3v) is 3.22. The van der Waals surface area contributed by atoms with E-state index in [0.29, 0.717) is 24.2 Å². The monoisotopic (exact) mass is 292 g/mol. The van der Waals surface area contributed by atoms with Gasteiger partial charge in [-0.05, 0) is 31.0 Å². The molecule has 0 saturated heterocycles. The number of alkyl halides is 1. The van der Waals surface area contributed by atoms with Crippen molar-refractivity contribution in [3.8, 4) is 11.8 Å². The molecule has 0 aliphatic rings. The Bertz CT molecular complexity index is 558. The van der Waals surface area contributed by atoms with Crippen molar-refractivity contribution in [3.63, 3.8) is 0 Å². The van der Waals surface area contributed by atoms with Crippen LogP contribution in [-0.2, 0) is 17.0 Å². The van der Waals surface area contributed by atoms with Gasteiger partial charge in [0.2, 0.25) is 0 Å². The van der Waals surface area contributed by atoms with E-state index in [1.54, 1.807) is 13.3 Å². The second-order valence-electron chi connectivity index (χ2n) is 4.39. The molecule has 5 heteroatoms. The van der Waals surface area contributed by atoms with Crippen LogP contribution in [0.25, 0.3) is 0 Å². The van der Waals surface area contributed by atoms with E-state index >= 15 is 0 Å². The molecule has 0 amide bonds. The molecule has 0 spiro atoms. The molecule has 20 heavy (non-hydrogen) atoms. The summed E-state index contributed by atoms with van der Waals surface area (Å²) in [5.41, 5.74) is 2.95. The van der Waals surface area contributed by atoms with Crippen LogP contribution in [0.15, 0.2) is 30.5 Å². The highest BCUT2D eigenvalue weighted by Gasteiger charge is 2.04. The number of nitrogens with zero attached hydrogens (tertiary/aromatic N) is 2. The van der Waals surface area contributed by atoms with Crippen LogP contribution in [0.2, 0.25) is 0 Å². The zero-order chi connectivity index (χ0) is 14.4. The van der Waals surface area contributed by atoms with Gasteiger partial charge >= 0.3 is 6.01 Å². The van der Waals surface area contributed by atoms with Gasteiger partial charge in [0.05, 0.1) is 12.5 Å². The molecule has 0 atom stereocenters. The minimum Gasteiger partial charge on any atom is -0.424 e. The average Bonchev–Trinajstić information content (AvgIpc) is 2.47. The van der Waals surface area contributed by atoms with E-state index in [4.69, 9.17) is 21.1 Å². The number of halogens is 1. The third-order valence-electron chi connectivity index (χ3n) is 2.93. The van der Waals surface area contributed by atoms with E-state index in [1.165, 1.54) is 5.56 Å². The van der Waals surface area contributed by atoms with Gasteiger partial charge in [0.15, 0.2) is 0 Å². The maximum atomic E-state index is 5.77. The Hall–Kier alpha value is -1.65. The van der Waals surface area contributed by atoms with Crippen LogP contribution in [0.4, 0.5) is 0 Å². The molecule has 0 bridgehead atoms. The first-order valence-electron chi connectivity index (χ1n) is 6.37. The normalized spacial score (nSPS) is 10.6. The lowest BCUT2D eigenvalue weighted by Gasteiger charge is -2.07. The molecule has 0 aliphatic carbocycles. The van der Waals surface area contributed by atoms with Crippen LogP contribution >= 0.6 is 11.6 Å². The summed E-state index contributed by atoms with van der Waals surface area (Å²) in [6.07, 6.45) is 2.58. The minimum atomic E-state index is 0.334. The molecule has 0 unspecified atom stereocenters. The molecule has 1 heterocycles. The lowest BCUT2D eigenvalue weighted by Crippen LogP contribution is -1.98. The van der Waals surface area contributed by atoms with Gasteiger partial charge in [0.1, 0.15) is 5.75 Å². The first kappa shape index (κ1) is 14.8. The second-order valence-corrected chi connectivity index (χ2v) is 4.65. The van der Waals surface area contributed by atoms with Gasteiger partial charge in [-0.1, -0.05) is 12.1 Å². The lowest BCUT2D eigenvalue weighted by molar-refractivity contribution is 0.202. The van der Waals surface area contributed by atoms with Crippen LogP contribution in [0, 0.1) is 6.92 Å². The van der Waals surface area contributed by atoms with Gasteiger partial charge in [-0.2, -0.15) is 4.98 Å². The number of benzene rings is 1. The SMILES string of the molecule is COCCc1ccc(Oc2ncc(CCl)c(C)n2)cc1. The maximum Gasteiger partial charge on any atom is 0.322 e. The number of methoxy groups -OCH3 is 1. The van der Waals surface area contributed by atoms with E-state index in [2.05, 4.69) is 9.97 Å². The summed E-state index contributed by atoms with van der Waals surface area (Å²) in [7, 11) is 1.70. The Morgan fingerprint density at radius 1 is 1.20 bits per heavy atom. The fourth-order valence-electron chi connectivity index (χ4n) is 1.70. The smallest absolute Gasteiger partial charge is 0.322 e. The highest BCUT2D eigenvalue weighted by atomic mass is 35.5. The number of hydrogen-bond donors (Lipinski definition) is 0. The van der Waals surface area contributed by atoms with E-state index in [-0.39, 0.29) is 0 Å². The number of aryl methyl sites for hydroxylation is 1. The number of rotatable bonds is 6. The summed E-state index contributed by atoms with van der Waals surface area (Å²) in [6.45, 7) is 2.60. The summed E-state index contributed by atoms with van der Waals surface area (Å²) in [5.74, 6) is 1.12. The molecule has 0 aliphatic heterocycles. The van der Waals surface area contributed by atoms with E-state index in [1.807, 2.05) is 31.2 Å². The summed E-state index contributed by atoms with van der Waals surface area (Å²) >= 11 is 5.77. The van der Waals surface area contributed by atoms with Crippen molar-refractivity contribution >= 4 is 11.6 Å². The fraction of sp³-hybridized carbons (Fsp3) is 0.333. The third kappa shape index (κ3) is 3.92. The van der Waals surface area contributed by atoms with Crippen LogP contribution in [-0.4, -0.2) is 23.7 Å². The Labute approximate surface area is 123 Å². The topological polar surface area (TPSA) is 44.2 Å². The van der Waals surface area contributed by atoms with Crippen molar-refractivity contribution in [3.05, 3.63) is 47.3 Å². The van der Waals surface area contributed by atoms with E-state index < -0.39 is 0 Å². The molecular formula is C15H17ClN2O2. The van der Waals surface area contributed by atoms with Crippen molar-refractivity contribution in [1.82, 2.24) is 9.97 Å². The molecule has 4 nitrogen and oxygen atoms in total. The van der Waals surface area contributed by atoms with Crippen molar-refractivity contribution in [2.75, 3.05) is 13.7 Å². The molecule has 0 saturated carbocycles. The summed E-state index contributed by atoms with van der Waals surface area (Å²) in [5, 5.41) is 0.